The van der Waals surface area contributed by atoms with Gasteiger partial charge in [0.15, 0.2) is 0 Å². The third-order valence-corrected chi connectivity index (χ3v) is 4.57. The van der Waals surface area contributed by atoms with E-state index in [0.717, 1.165) is 11.8 Å². The molecule has 0 atom stereocenters. The summed E-state index contributed by atoms with van der Waals surface area (Å²) in [7, 11) is 0. The molecule has 1 aromatic heterocycles. The Morgan fingerprint density at radius 3 is 2.60 bits per heavy atom. The minimum absolute atomic E-state index is 0.258. The zero-order valence-corrected chi connectivity index (χ0v) is 14.2. The summed E-state index contributed by atoms with van der Waals surface area (Å²) in [5.74, 6) is -0.795. The van der Waals surface area contributed by atoms with Gasteiger partial charge in [0.25, 0.3) is 5.91 Å². The first-order valence-corrected chi connectivity index (χ1v) is 8.40. The van der Waals surface area contributed by atoms with E-state index >= 15 is 0 Å². The lowest BCUT2D eigenvalue weighted by molar-refractivity contribution is 0.0987. The molecular weight excluding hydrogens is 341 g/mol. The molecule has 0 fully saturated rings. The van der Waals surface area contributed by atoms with Gasteiger partial charge in [0.2, 0.25) is 5.13 Å². The molecular formula is C18H14FN3O2S. The van der Waals surface area contributed by atoms with Crippen molar-refractivity contribution in [1.82, 2.24) is 10.2 Å². The number of rotatable bonds is 5. The summed E-state index contributed by atoms with van der Waals surface area (Å²) in [5.41, 5.74) is 1.64. The topological polar surface area (TPSA) is 63.2 Å². The number of benzene rings is 2. The van der Waals surface area contributed by atoms with E-state index in [4.69, 9.17) is 0 Å². The molecule has 0 saturated carbocycles. The molecule has 7 heteroatoms. The Labute approximate surface area is 147 Å². The summed E-state index contributed by atoms with van der Waals surface area (Å²) in [6.45, 7) is 2.20. The molecule has 126 valence electrons. The molecule has 3 aromatic rings. The highest BCUT2D eigenvalue weighted by Gasteiger charge is 2.20. The third kappa shape index (κ3) is 3.61. The molecule has 0 unspecified atom stereocenters. The Kier molecular flexibility index (Phi) is 4.95. The summed E-state index contributed by atoms with van der Waals surface area (Å²) >= 11 is 1.26. The van der Waals surface area contributed by atoms with Crippen LogP contribution in [-0.4, -0.2) is 28.9 Å². The van der Waals surface area contributed by atoms with Crippen molar-refractivity contribution in [3.8, 4) is 10.6 Å². The van der Waals surface area contributed by atoms with Gasteiger partial charge in [-0.25, -0.2) is 4.39 Å². The van der Waals surface area contributed by atoms with Gasteiger partial charge in [-0.1, -0.05) is 41.7 Å². The van der Waals surface area contributed by atoms with Crippen LogP contribution in [0.1, 0.15) is 27.6 Å². The van der Waals surface area contributed by atoms with E-state index in [-0.39, 0.29) is 11.5 Å². The summed E-state index contributed by atoms with van der Waals surface area (Å²) in [6.07, 6.45) is 0.770. The van der Waals surface area contributed by atoms with Gasteiger partial charge in [0, 0.05) is 23.2 Å². The van der Waals surface area contributed by atoms with Gasteiger partial charge in [-0.05, 0) is 25.1 Å². The number of carbonyl (C=O) groups excluding carboxylic acids is 2. The molecule has 0 N–H and O–H groups in total. The van der Waals surface area contributed by atoms with Gasteiger partial charge in [0.1, 0.15) is 17.1 Å². The monoisotopic (exact) mass is 355 g/mol. The maximum Gasteiger partial charge on any atom is 0.260 e. The number of halogens is 1. The van der Waals surface area contributed by atoms with Crippen LogP contribution < -0.4 is 4.90 Å². The Morgan fingerprint density at radius 1 is 1.20 bits per heavy atom. The molecule has 5 nitrogen and oxygen atoms in total. The number of aromatic nitrogens is 2. The van der Waals surface area contributed by atoms with Crippen LogP contribution in [0.15, 0.2) is 48.5 Å². The zero-order chi connectivity index (χ0) is 17.8. The first-order valence-electron chi connectivity index (χ1n) is 7.59. The summed E-state index contributed by atoms with van der Waals surface area (Å²) in [6, 6.07) is 12.5. The lowest BCUT2D eigenvalue weighted by atomic mass is 10.2. The van der Waals surface area contributed by atoms with Gasteiger partial charge in [-0.3, -0.25) is 14.5 Å². The molecule has 1 amide bonds. The lowest BCUT2D eigenvalue weighted by Crippen LogP contribution is -2.30. The average Bonchev–Trinajstić information content (AvgIpc) is 3.12. The molecule has 0 saturated heterocycles. The van der Waals surface area contributed by atoms with Gasteiger partial charge in [-0.15, -0.1) is 10.2 Å². The number of anilines is 1. The summed E-state index contributed by atoms with van der Waals surface area (Å²) < 4.78 is 13.4. The van der Waals surface area contributed by atoms with Crippen LogP contribution in [0.25, 0.3) is 10.6 Å². The molecule has 0 aliphatic carbocycles. The van der Waals surface area contributed by atoms with Crippen LogP contribution in [0.5, 0.6) is 0 Å². The van der Waals surface area contributed by atoms with E-state index in [1.165, 1.54) is 34.4 Å². The van der Waals surface area contributed by atoms with Gasteiger partial charge < -0.3 is 0 Å². The fraction of sp³-hybridized carbons (Fsp3) is 0.111. The number of hydrogen-bond donors (Lipinski definition) is 0. The second kappa shape index (κ2) is 7.31. The average molecular weight is 355 g/mol. The molecule has 0 aliphatic rings. The maximum absolute atomic E-state index is 13.4. The van der Waals surface area contributed by atoms with Crippen molar-refractivity contribution in [3.63, 3.8) is 0 Å². The lowest BCUT2D eigenvalue weighted by Gasteiger charge is -2.16. The van der Waals surface area contributed by atoms with Gasteiger partial charge in [-0.2, -0.15) is 0 Å². The molecule has 3 rings (SSSR count). The highest BCUT2D eigenvalue weighted by Crippen LogP contribution is 2.29. The van der Waals surface area contributed by atoms with Crippen molar-refractivity contribution in [2.24, 2.45) is 0 Å². The van der Waals surface area contributed by atoms with E-state index in [9.17, 15) is 14.0 Å². The molecule has 0 radical (unpaired) electrons. The fourth-order valence-electron chi connectivity index (χ4n) is 2.29. The van der Waals surface area contributed by atoms with Crippen molar-refractivity contribution < 1.29 is 14.0 Å². The molecule has 2 aromatic carbocycles. The predicted octanol–water partition coefficient (Wildman–Crippen LogP) is 3.82. The third-order valence-electron chi connectivity index (χ3n) is 3.57. The quantitative estimate of drug-likeness (QED) is 0.653. The van der Waals surface area contributed by atoms with E-state index in [1.54, 1.807) is 30.3 Å². The smallest absolute Gasteiger partial charge is 0.260 e. The highest BCUT2D eigenvalue weighted by molar-refractivity contribution is 7.18. The highest BCUT2D eigenvalue weighted by atomic mass is 32.1. The minimum Gasteiger partial charge on any atom is -0.298 e. The van der Waals surface area contributed by atoms with Crippen LogP contribution in [0.4, 0.5) is 9.52 Å². The second-order valence-electron chi connectivity index (χ2n) is 5.19. The second-order valence-corrected chi connectivity index (χ2v) is 6.15. The molecule has 0 spiro atoms. The van der Waals surface area contributed by atoms with Crippen LogP contribution in [-0.2, 0) is 0 Å². The van der Waals surface area contributed by atoms with Crippen molar-refractivity contribution in [2.75, 3.05) is 11.4 Å². The van der Waals surface area contributed by atoms with Crippen LogP contribution >= 0.6 is 11.3 Å². The predicted molar refractivity (Wildman–Crippen MR) is 94.5 cm³/mol. The van der Waals surface area contributed by atoms with E-state index in [1.807, 2.05) is 6.92 Å². The molecule has 0 aliphatic heterocycles. The van der Waals surface area contributed by atoms with E-state index in [2.05, 4.69) is 10.2 Å². The van der Waals surface area contributed by atoms with E-state index in [0.29, 0.717) is 22.2 Å². The van der Waals surface area contributed by atoms with Gasteiger partial charge in [0.05, 0.1) is 0 Å². The van der Waals surface area contributed by atoms with Crippen molar-refractivity contribution in [3.05, 3.63) is 65.5 Å². The molecule has 25 heavy (non-hydrogen) atoms. The Hall–Kier alpha value is -2.93. The van der Waals surface area contributed by atoms with Gasteiger partial charge >= 0.3 is 0 Å². The Morgan fingerprint density at radius 2 is 1.96 bits per heavy atom. The maximum atomic E-state index is 13.4. The number of nitrogens with zero attached hydrogens (tertiary/aromatic N) is 3. The first-order chi connectivity index (χ1) is 12.1. The number of aldehydes is 1. The summed E-state index contributed by atoms with van der Waals surface area (Å²) in [4.78, 5) is 24.8. The normalized spacial score (nSPS) is 10.5. The van der Waals surface area contributed by atoms with Crippen LogP contribution in [0.2, 0.25) is 0 Å². The molecule has 1 heterocycles. The number of carbonyl (C=O) groups is 2. The summed E-state index contributed by atoms with van der Waals surface area (Å²) in [5, 5.41) is 9.28. The van der Waals surface area contributed by atoms with Crippen LogP contribution in [0.3, 0.4) is 0 Å². The number of hydrogen-bond acceptors (Lipinski definition) is 5. The number of amides is 1. The van der Waals surface area contributed by atoms with Crippen molar-refractivity contribution >= 4 is 28.7 Å². The molecule has 0 bridgehead atoms. The zero-order valence-electron chi connectivity index (χ0n) is 13.3. The largest absolute Gasteiger partial charge is 0.298 e. The van der Waals surface area contributed by atoms with Crippen molar-refractivity contribution in [1.29, 1.82) is 0 Å². The standard InChI is InChI=1S/C18H14FN3O2S/c1-2-22(17(24)14-4-3-5-15(19)10-14)18-21-20-16(25-18)13-8-6-12(11-23)7-9-13/h3-11H,2H2,1H3. The van der Waals surface area contributed by atoms with Crippen LogP contribution in [0, 0.1) is 5.82 Å². The Bertz CT molecular complexity index is 909. The first kappa shape index (κ1) is 16.9. The minimum atomic E-state index is -0.463. The van der Waals surface area contributed by atoms with Crippen molar-refractivity contribution in [2.45, 2.75) is 6.92 Å². The SMILES string of the molecule is CCN(C(=O)c1cccc(F)c1)c1nnc(-c2ccc(C=O)cc2)s1. The fourth-order valence-corrected chi connectivity index (χ4v) is 3.20. The Balaban J connectivity index is 1.88. The van der Waals surface area contributed by atoms with E-state index < -0.39 is 5.82 Å².